The maximum absolute atomic E-state index is 12.0. The van der Waals surface area contributed by atoms with E-state index in [1.54, 1.807) is 6.20 Å². The summed E-state index contributed by atoms with van der Waals surface area (Å²) < 4.78 is 7.47. The Balaban J connectivity index is 1.78. The fraction of sp³-hybridized carbons (Fsp3) is 0.750. The molecule has 1 aromatic heterocycles. The number of amides is 2. The van der Waals surface area contributed by atoms with E-state index in [-0.39, 0.29) is 6.03 Å². The third-order valence-electron chi connectivity index (χ3n) is 4.22. The molecule has 6 heteroatoms. The summed E-state index contributed by atoms with van der Waals surface area (Å²) in [6, 6.07) is -0.155. The van der Waals surface area contributed by atoms with Gasteiger partial charge in [-0.25, -0.2) is 4.79 Å². The van der Waals surface area contributed by atoms with Crippen molar-refractivity contribution in [1.82, 2.24) is 15.1 Å². The van der Waals surface area contributed by atoms with Gasteiger partial charge in [-0.3, -0.25) is 4.68 Å². The Labute approximate surface area is 132 Å². The lowest BCUT2D eigenvalue weighted by Crippen LogP contribution is -2.36. The zero-order valence-corrected chi connectivity index (χ0v) is 13.9. The largest absolute Gasteiger partial charge is 0.378 e. The molecule has 1 fully saturated rings. The number of anilines is 1. The Morgan fingerprint density at radius 3 is 3.09 bits per heavy atom. The van der Waals surface area contributed by atoms with Gasteiger partial charge in [-0.1, -0.05) is 13.3 Å². The molecule has 1 aromatic rings. The molecule has 2 unspecified atom stereocenters. The molecule has 1 saturated heterocycles. The first-order valence-corrected chi connectivity index (χ1v) is 8.29. The summed E-state index contributed by atoms with van der Waals surface area (Å²) in [5.74, 6) is 0.503. The zero-order chi connectivity index (χ0) is 15.9. The SMILES string of the molecule is CCCCn1ncc(NC(=O)NCC2CCOC(C)C2)c1C. The maximum atomic E-state index is 12.0. The summed E-state index contributed by atoms with van der Waals surface area (Å²) in [7, 11) is 0. The third kappa shape index (κ3) is 4.73. The first-order valence-electron chi connectivity index (χ1n) is 8.29. The Morgan fingerprint density at radius 1 is 1.55 bits per heavy atom. The van der Waals surface area contributed by atoms with Gasteiger partial charge in [-0.2, -0.15) is 5.10 Å². The average molecular weight is 308 g/mol. The van der Waals surface area contributed by atoms with Crippen LogP contribution in [0.3, 0.4) is 0 Å². The van der Waals surface area contributed by atoms with Gasteiger partial charge in [-0.05, 0) is 39.0 Å². The van der Waals surface area contributed by atoms with Gasteiger partial charge < -0.3 is 15.4 Å². The summed E-state index contributed by atoms with van der Waals surface area (Å²) in [6.45, 7) is 8.61. The number of ether oxygens (including phenoxy) is 1. The molecule has 0 radical (unpaired) electrons. The number of unbranched alkanes of at least 4 members (excludes halogenated alkanes) is 1. The molecule has 2 atom stereocenters. The van der Waals surface area contributed by atoms with E-state index in [0.29, 0.717) is 18.6 Å². The molecule has 6 nitrogen and oxygen atoms in total. The molecule has 2 heterocycles. The highest BCUT2D eigenvalue weighted by molar-refractivity contribution is 5.89. The molecule has 0 saturated carbocycles. The molecular formula is C16H28N4O2. The van der Waals surface area contributed by atoms with Crippen LogP contribution in [-0.4, -0.2) is 35.1 Å². The highest BCUT2D eigenvalue weighted by Crippen LogP contribution is 2.19. The summed E-state index contributed by atoms with van der Waals surface area (Å²) in [5.41, 5.74) is 1.79. The van der Waals surface area contributed by atoms with Crippen LogP contribution >= 0.6 is 0 Å². The van der Waals surface area contributed by atoms with Crippen molar-refractivity contribution < 1.29 is 9.53 Å². The predicted octanol–water partition coefficient (Wildman–Crippen LogP) is 2.93. The third-order valence-corrected chi connectivity index (χ3v) is 4.22. The van der Waals surface area contributed by atoms with Crippen LogP contribution in [0.2, 0.25) is 0 Å². The summed E-state index contributed by atoms with van der Waals surface area (Å²) in [4.78, 5) is 12.0. The normalized spacial score (nSPS) is 21.6. The van der Waals surface area contributed by atoms with E-state index in [0.717, 1.165) is 50.2 Å². The Kier molecular flexibility index (Phi) is 6.24. The van der Waals surface area contributed by atoms with E-state index >= 15 is 0 Å². The number of urea groups is 1. The van der Waals surface area contributed by atoms with E-state index in [9.17, 15) is 4.79 Å². The number of hydrogen-bond donors (Lipinski definition) is 2. The van der Waals surface area contributed by atoms with Gasteiger partial charge in [0, 0.05) is 19.7 Å². The first-order chi connectivity index (χ1) is 10.6. The molecule has 0 aliphatic carbocycles. The van der Waals surface area contributed by atoms with Crippen molar-refractivity contribution in [3.05, 3.63) is 11.9 Å². The minimum Gasteiger partial charge on any atom is -0.378 e. The lowest BCUT2D eigenvalue weighted by Gasteiger charge is -2.27. The molecule has 0 spiro atoms. The van der Waals surface area contributed by atoms with Crippen LogP contribution in [0, 0.1) is 12.8 Å². The van der Waals surface area contributed by atoms with Gasteiger partial charge in [0.05, 0.1) is 23.7 Å². The van der Waals surface area contributed by atoms with Crippen LogP contribution < -0.4 is 10.6 Å². The maximum Gasteiger partial charge on any atom is 0.319 e. The zero-order valence-electron chi connectivity index (χ0n) is 13.9. The standard InChI is InChI=1S/C16H28N4O2/c1-4-5-7-20-13(3)15(11-18-20)19-16(21)17-10-14-6-8-22-12(2)9-14/h11-12,14H,4-10H2,1-3H3,(H2,17,19,21). The predicted molar refractivity (Wildman–Crippen MR) is 87.0 cm³/mol. The van der Waals surface area contributed by atoms with Crippen molar-refractivity contribution in [2.24, 2.45) is 5.92 Å². The molecule has 2 N–H and O–H groups in total. The minimum atomic E-state index is -0.155. The molecule has 2 rings (SSSR count). The van der Waals surface area contributed by atoms with E-state index in [2.05, 4.69) is 29.6 Å². The van der Waals surface area contributed by atoms with Crippen LogP contribution in [0.25, 0.3) is 0 Å². The van der Waals surface area contributed by atoms with Crippen molar-refractivity contribution in [3.8, 4) is 0 Å². The van der Waals surface area contributed by atoms with Gasteiger partial charge in [0.15, 0.2) is 0 Å². The van der Waals surface area contributed by atoms with Crippen LogP contribution in [0.4, 0.5) is 10.5 Å². The van der Waals surface area contributed by atoms with Gasteiger partial charge in [-0.15, -0.1) is 0 Å². The van der Waals surface area contributed by atoms with Crippen LogP contribution in [-0.2, 0) is 11.3 Å². The van der Waals surface area contributed by atoms with E-state index in [4.69, 9.17) is 4.74 Å². The molecular weight excluding hydrogens is 280 g/mol. The molecule has 0 aromatic carbocycles. The number of carbonyl (C=O) groups is 1. The molecule has 1 aliphatic rings. The minimum absolute atomic E-state index is 0.155. The van der Waals surface area contributed by atoms with Crippen molar-refractivity contribution in [2.75, 3.05) is 18.5 Å². The molecule has 22 heavy (non-hydrogen) atoms. The molecule has 124 valence electrons. The number of nitrogens with one attached hydrogen (secondary N) is 2. The summed E-state index contributed by atoms with van der Waals surface area (Å²) >= 11 is 0. The monoisotopic (exact) mass is 308 g/mol. The second-order valence-electron chi connectivity index (χ2n) is 6.13. The number of aryl methyl sites for hydroxylation is 1. The molecule has 1 aliphatic heterocycles. The van der Waals surface area contributed by atoms with E-state index in [1.807, 2.05) is 11.6 Å². The number of rotatable bonds is 6. The number of aromatic nitrogens is 2. The van der Waals surface area contributed by atoms with Crippen molar-refractivity contribution in [2.45, 2.75) is 59.1 Å². The second-order valence-corrected chi connectivity index (χ2v) is 6.13. The summed E-state index contributed by atoms with van der Waals surface area (Å²) in [6.07, 6.45) is 6.26. The van der Waals surface area contributed by atoms with E-state index in [1.165, 1.54) is 0 Å². The summed E-state index contributed by atoms with van der Waals surface area (Å²) in [5, 5.41) is 10.2. The van der Waals surface area contributed by atoms with Crippen LogP contribution in [0.5, 0.6) is 0 Å². The Hall–Kier alpha value is -1.56. The number of carbonyl (C=O) groups excluding carboxylic acids is 1. The van der Waals surface area contributed by atoms with Gasteiger partial charge in [0.1, 0.15) is 0 Å². The molecule has 2 amide bonds. The van der Waals surface area contributed by atoms with Crippen molar-refractivity contribution >= 4 is 11.7 Å². The van der Waals surface area contributed by atoms with Gasteiger partial charge in [0.25, 0.3) is 0 Å². The van der Waals surface area contributed by atoms with E-state index < -0.39 is 0 Å². The molecule has 0 bridgehead atoms. The number of hydrogen-bond acceptors (Lipinski definition) is 3. The fourth-order valence-electron chi connectivity index (χ4n) is 2.78. The highest BCUT2D eigenvalue weighted by Gasteiger charge is 2.20. The lowest BCUT2D eigenvalue weighted by atomic mass is 9.96. The van der Waals surface area contributed by atoms with Crippen molar-refractivity contribution in [3.63, 3.8) is 0 Å². The van der Waals surface area contributed by atoms with Crippen molar-refractivity contribution in [1.29, 1.82) is 0 Å². The van der Waals surface area contributed by atoms with Gasteiger partial charge in [0.2, 0.25) is 0 Å². The topological polar surface area (TPSA) is 68.2 Å². The highest BCUT2D eigenvalue weighted by atomic mass is 16.5. The average Bonchev–Trinajstić information content (AvgIpc) is 2.84. The van der Waals surface area contributed by atoms with Gasteiger partial charge >= 0.3 is 6.03 Å². The van der Waals surface area contributed by atoms with Crippen LogP contribution in [0.15, 0.2) is 6.20 Å². The lowest BCUT2D eigenvalue weighted by molar-refractivity contribution is 0.00354. The quantitative estimate of drug-likeness (QED) is 0.849. The first kappa shape index (κ1) is 16.8. The second kappa shape index (κ2) is 8.17. The number of nitrogens with zero attached hydrogens (tertiary/aromatic N) is 2. The Morgan fingerprint density at radius 2 is 2.36 bits per heavy atom. The Bertz CT molecular complexity index is 486. The smallest absolute Gasteiger partial charge is 0.319 e. The van der Waals surface area contributed by atoms with Crippen LogP contribution in [0.1, 0.15) is 45.2 Å². The fourth-order valence-corrected chi connectivity index (χ4v) is 2.78.